The van der Waals surface area contributed by atoms with Crippen LogP contribution in [-0.2, 0) is 0 Å². The van der Waals surface area contributed by atoms with Gasteiger partial charge in [0.25, 0.3) is 0 Å². The SMILES string of the molecule is CC(C)N1CCC(NN)C1.Cl. The summed E-state index contributed by atoms with van der Waals surface area (Å²) in [5.41, 5.74) is 2.81. The van der Waals surface area contributed by atoms with Crippen molar-refractivity contribution in [2.75, 3.05) is 13.1 Å². The van der Waals surface area contributed by atoms with Crippen LogP contribution in [0.1, 0.15) is 20.3 Å². The van der Waals surface area contributed by atoms with E-state index in [4.69, 9.17) is 5.84 Å². The van der Waals surface area contributed by atoms with E-state index in [1.54, 1.807) is 0 Å². The van der Waals surface area contributed by atoms with E-state index in [-0.39, 0.29) is 12.4 Å². The zero-order valence-electron chi connectivity index (χ0n) is 7.21. The molecule has 0 bridgehead atoms. The fourth-order valence-corrected chi connectivity index (χ4v) is 1.39. The Hall–Kier alpha value is 0.170. The number of hydrazine groups is 1. The molecule has 11 heavy (non-hydrogen) atoms. The van der Waals surface area contributed by atoms with Crippen LogP contribution >= 0.6 is 12.4 Å². The van der Waals surface area contributed by atoms with Crippen LogP contribution in [0.2, 0.25) is 0 Å². The van der Waals surface area contributed by atoms with Crippen molar-refractivity contribution in [2.24, 2.45) is 5.84 Å². The molecule has 1 heterocycles. The molecule has 1 fully saturated rings. The number of rotatable bonds is 2. The van der Waals surface area contributed by atoms with Crippen molar-refractivity contribution in [3.63, 3.8) is 0 Å². The Morgan fingerprint density at radius 2 is 2.18 bits per heavy atom. The van der Waals surface area contributed by atoms with E-state index in [2.05, 4.69) is 24.2 Å². The summed E-state index contributed by atoms with van der Waals surface area (Å²) in [6.45, 7) is 6.73. The molecular formula is C7H18ClN3. The van der Waals surface area contributed by atoms with Crippen LogP contribution in [0, 0.1) is 0 Å². The average molecular weight is 180 g/mol. The number of likely N-dealkylation sites (tertiary alicyclic amines) is 1. The summed E-state index contributed by atoms with van der Waals surface area (Å²) in [4.78, 5) is 2.44. The first kappa shape index (κ1) is 11.2. The zero-order chi connectivity index (χ0) is 7.56. The normalized spacial score (nSPS) is 25.6. The Bertz CT molecular complexity index is 108. The van der Waals surface area contributed by atoms with Gasteiger partial charge >= 0.3 is 0 Å². The van der Waals surface area contributed by atoms with Gasteiger partial charge in [-0.25, -0.2) is 0 Å². The van der Waals surface area contributed by atoms with Crippen molar-refractivity contribution < 1.29 is 0 Å². The topological polar surface area (TPSA) is 41.3 Å². The van der Waals surface area contributed by atoms with Crippen LogP contribution in [0.25, 0.3) is 0 Å². The Kier molecular flexibility index (Phi) is 5.01. The Morgan fingerprint density at radius 1 is 1.55 bits per heavy atom. The summed E-state index contributed by atoms with van der Waals surface area (Å²) >= 11 is 0. The van der Waals surface area contributed by atoms with E-state index in [0.29, 0.717) is 12.1 Å². The molecule has 68 valence electrons. The van der Waals surface area contributed by atoms with Crippen LogP contribution in [-0.4, -0.2) is 30.1 Å². The van der Waals surface area contributed by atoms with Crippen molar-refractivity contribution in [3.05, 3.63) is 0 Å². The molecule has 4 heteroatoms. The van der Waals surface area contributed by atoms with Gasteiger partial charge in [-0.3, -0.25) is 16.2 Å². The van der Waals surface area contributed by atoms with Crippen LogP contribution in [0.4, 0.5) is 0 Å². The quantitative estimate of drug-likeness (QED) is 0.475. The van der Waals surface area contributed by atoms with Gasteiger partial charge < -0.3 is 0 Å². The van der Waals surface area contributed by atoms with Crippen molar-refractivity contribution in [3.8, 4) is 0 Å². The summed E-state index contributed by atoms with van der Waals surface area (Å²) < 4.78 is 0. The maximum absolute atomic E-state index is 5.32. The molecule has 3 N–H and O–H groups in total. The molecule has 1 rings (SSSR count). The van der Waals surface area contributed by atoms with Crippen LogP contribution in [0.3, 0.4) is 0 Å². The fourth-order valence-electron chi connectivity index (χ4n) is 1.39. The van der Waals surface area contributed by atoms with Crippen LogP contribution < -0.4 is 11.3 Å². The highest BCUT2D eigenvalue weighted by atomic mass is 35.5. The van der Waals surface area contributed by atoms with Crippen LogP contribution in [0.15, 0.2) is 0 Å². The maximum atomic E-state index is 5.32. The van der Waals surface area contributed by atoms with Crippen molar-refractivity contribution in [1.29, 1.82) is 0 Å². The monoisotopic (exact) mass is 179 g/mol. The lowest BCUT2D eigenvalue weighted by molar-refractivity contribution is 0.268. The second-order valence-corrected chi connectivity index (χ2v) is 3.24. The van der Waals surface area contributed by atoms with E-state index in [1.165, 1.54) is 13.0 Å². The van der Waals surface area contributed by atoms with Crippen molar-refractivity contribution in [1.82, 2.24) is 10.3 Å². The number of nitrogens with zero attached hydrogens (tertiary/aromatic N) is 1. The largest absolute Gasteiger partial charge is 0.299 e. The van der Waals surface area contributed by atoms with E-state index in [1.807, 2.05) is 0 Å². The molecule has 0 aromatic rings. The predicted octanol–water partition coefficient (Wildman–Crippen LogP) is 0.354. The Labute approximate surface area is 74.7 Å². The molecular weight excluding hydrogens is 162 g/mol. The van der Waals surface area contributed by atoms with Gasteiger partial charge in [-0.1, -0.05) is 0 Å². The number of hydrogen-bond donors (Lipinski definition) is 2. The maximum Gasteiger partial charge on any atom is 0.0350 e. The summed E-state index contributed by atoms with van der Waals surface area (Å²) in [7, 11) is 0. The second-order valence-electron chi connectivity index (χ2n) is 3.24. The molecule has 0 saturated carbocycles. The summed E-state index contributed by atoms with van der Waals surface area (Å²) in [6.07, 6.45) is 1.19. The van der Waals surface area contributed by atoms with Gasteiger partial charge in [0.2, 0.25) is 0 Å². The molecule has 1 aliphatic rings. The lowest BCUT2D eigenvalue weighted by Crippen LogP contribution is -2.38. The van der Waals surface area contributed by atoms with Gasteiger partial charge in [0.05, 0.1) is 0 Å². The van der Waals surface area contributed by atoms with E-state index in [0.717, 1.165) is 6.54 Å². The average Bonchev–Trinajstić information content (AvgIpc) is 2.34. The highest BCUT2D eigenvalue weighted by Gasteiger charge is 2.22. The van der Waals surface area contributed by atoms with Crippen molar-refractivity contribution >= 4 is 12.4 Å². The highest BCUT2D eigenvalue weighted by molar-refractivity contribution is 5.85. The van der Waals surface area contributed by atoms with E-state index in [9.17, 15) is 0 Å². The highest BCUT2D eigenvalue weighted by Crippen LogP contribution is 2.10. The van der Waals surface area contributed by atoms with Crippen LogP contribution in [0.5, 0.6) is 0 Å². The predicted molar refractivity (Wildman–Crippen MR) is 49.7 cm³/mol. The Morgan fingerprint density at radius 3 is 2.45 bits per heavy atom. The van der Waals surface area contributed by atoms with Gasteiger partial charge in [-0.2, -0.15) is 0 Å². The molecule has 1 atom stereocenters. The summed E-state index contributed by atoms with van der Waals surface area (Å²) in [5.74, 6) is 5.32. The van der Waals surface area contributed by atoms with Gasteiger partial charge in [0.1, 0.15) is 0 Å². The molecule has 1 aliphatic heterocycles. The standard InChI is InChI=1S/C7H17N3.ClH/c1-6(2)10-4-3-7(5-10)9-8;/h6-7,9H,3-5,8H2,1-2H3;1H. The Balaban J connectivity index is 0.000001000. The lowest BCUT2D eigenvalue weighted by atomic mass is 10.3. The minimum Gasteiger partial charge on any atom is -0.299 e. The first-order valence-electron chi connectivity index (χ1n) is 3.94. The molecule has 0 aromatic carbocycles. The lowest BCUT2D eigenvalue weighted by Gasteiger charge is -2.19. The molecule has 3 nitrogen and oxygen atoms in total. The molecule has 1 unspecified atom stereocenters. The van der Waals surface area contributed by atoms with Gasteiger partial charge in [-0.05, 0) is 20.3 Å². The minimum atomic E-state index is 0. The summed E-state index contributed by atoms with van der Waals surface area (Å²) in [5, 5.41) is 0. The third-order valence-corrected chi connectivity index (χ3v) is 2.19. The van der Waals surface area contributed by atoms with E-state index >= 15 is 0 Å². The first-order chi connectivity index (χ1) is 4.74. The molecule has 0 aromatic heterocycles. The molecule has 0 aliphatic carbocycles. The molecule has 0 amide bonds. The smallest absolute Gasteiger partial charge is 0.0350 e. The first-order valence-corrected chi connectivity index (χ1v) is 3.94. The minimum absolute atomic E-state index is 0. The zero-order valence-corrected chi connectivity index (χ0v) is 8.03. The fraction of sp³-hybridized carbons (Fsp3) is 1.00. The van der Waals surface area contributed by atoms with Gasteiger partial charge in [0.15, 0.2) is 0 Å². The number of hydrogen-bond acceptors (Lipinski definition) is 3. The number of halogens is 1. The van der Waals surface area contributed by atoms with Crippen molar-refractivity contribution in [2.45, 2.75) is 32.4 Å². The third-order valence-electron chi connectivity index (χ3n) is 2.19. The summed E-state index contributed by atoms with van der Waals surface area (Å²) in [6, 6.07) is 1.18. The number of nitrogens with two attached hydrogens (primary N) is 1. The van der Waals surface area contributed by atoms with E-state index < -0.39 is 0 Å². The second kappa shape index (κ2) is 4.93. The molecule has 1 saturated heterocycles. The molecule has 0 spiro atoms. The number of nitrogens with one attached hydrogen (secondary N) is 1. The molecule has 0 radical (unpaired) electrons. The van der Waals surface area contributed by atoms with Gasteiger partial charge in [0, 0.05) is 25.2 Å². The van der Waals surface area contributed by atoms with Gasteiger partial charge in [-0.15, -0.1) is 12.4 Å². The third kappa shape index (κ3) is 2.95.